The van der Waals surface area contributed by atoms with Gasteiger partial charge in [-0.1, -0.05) is 48.5 Å². The number of ether oxygens (including phenoxy) is 1. The monoisotopic (exact) mass is 492 g/mol. The number of fused-ring (bicyclic) bond motifs is 1. The lowest BCUT2D eigenvalue weighted by atomic mass is 10.1. The zero-order valence-corrected chi connectivity index (χ0v) is 20.1. The smallest absolute Gasteiger partial charge is 0.264 e. The van der Waals surface area contributed by atoms with Gasteiger partial charge in [0.25, 0.3) is 5.91 Å². The fraction of sp³-hybridized carbons (Fsp3) is 0.192. The van der Waals surface area contributed by atoms with E-state index in [1.165, 1.54) is 15.6 Å². The van der Waals surface area contributed by atoms with Crippen LogP contribution >= 0.6 is 11.3 Å². The molecule has 1 amide bonds. The number of nitrogens with zero attached hydrogens (tertiary/aromatic N) is 2. The summed E-state index contributed by atoms with van der Waals surface area (Å²) in [6.45, 7) is 1.68. The molecule has 1 saturated heterocycles. The van der Waals surface area contributed by atoms with E-state index in [4.69, 9.17) is 4.74 Å². The lowest BCUT2D eigenvalue weighted by Gasteiger charge is -2.33. The summed E-state index contributed by atoms with van der Waals surface area (Å²) >= 11 is 1.39. The van der Waals surface area contributed by atoms with E-state index in [2.05, 4.69) is 6.07 Å². The third-order valence-corrected chi connectivity index (χ3v) is 8.78. The maximum Gasteiger partial charge on any atom is 0.264 e. The second-order valence-corrected chi connectivity index (χ2v) is 11.0. The van der Waals surface area contributed by atoms with Gasteiger partial charge >= 0.3 is 0 Å². The van der Waals surface area contributed by atoms with Crippen LogP contribution in [0.5, 0.6) is 5.75 Å². The second kappa shape index (κ2) is 9.58. The molecule has 0 radical (unpaired) electrons. The molecule has 0 saturated carbocycles. The lowest BCUT2D eigenvalue weighted by molar-refractivity contribution is 0.0702. The van der Waals surface area contributed by atoms with Crippen molar-refractivity contribution >= 4 is 38.0 Å². The Morgan fingerprint density at radius 2 is 1.56 bits per heavy atom. The molecule has 1 aromatic heterocycles. The fourth-order valence-electron chi connectivity index (χ4n) is 4.02. The van der Waals surface area contributed by atoms with Crippen molar-refractivity contribution in [3.63, 3.8) is 0 Å². The Kier molecular flexibility index (Phi) is 6.36. The summed E-state index contributed by atoms with van der Waals surface area (Å²) in [5.74, 6) is 0.715. The van der Waals surface area contributed by atoms with Crippen LogP contribution in [-0.4, -0.2) is 49.7 Å². The molecule has 0 bridgehead atoms. The molecule has 0 unspecified atom stereocenters. The SMILES string of the molecule is O=C(c1cc(COc2ccc3ccccc3c2)cs1)N1CCN(S(=O)(=O)c2ccccc2)CC1. The van der Waals surface area contributed by atoms with Crippen LogP contribution in [0.1, 0.15) is 15.2 Å². The molecule has 8 heteroatoms. The average Bonchev–Trinajstić information content (AvgIpc) is 3.36. The van der Waals surface area contributed by atoms with Gasteiger partial charge in [-0.25, -0.2) is 8.42 Å². The first-order valence-electron chi connectivity index (χ1n) is 11.0. The summed E-state index contributed by atoms with van der Waals surface area (Å²) in [6, 6.07) is 24.4. The quantitative estimate of drug-likeness (QED) is 0.394. The number of hydrogen-bond acceptors (Lipinski definition) is 5. The number of carbonyl (C=O) groups is 1. The van der Waals surface area contributed by atoms with E-state index >= 15 is 0 Å². The number of amides is 1. The van der Waals surface area contributed by atoms with Gasteiger partial charge in [0, 0.05) is 31.7 Å². The molecule has 34 heavy (non-hydrogen) atoms. The molecule has 174 valence electrons. The first-order valence-corrected chi connectivity index (χ1v) is 13.4. The van der Waals surface area contributed by atoms with Gasteiger partial charge in [0.2, 0.25) is 10.0 Å². The number of hydrogen-bond donors (Lipinski definition) is 0. The minimum atomic E-state index is -3.54. The molecule has 3 aromatic carbocycles. The summed E-state index contributed by atoms with van der Waals surface area (Å²) in [4.78, 5) is 15.6. The Bertz CT molecular complexity index is 1410. The van der Waals surface area contributed by atoms with Crippen molar-refractivity contribution in [1.82, 2.24) is 9.21 Å². The Hall–Kier alpha value is -3.20. The molecule has 0 atom stereocenters. The molecule has 1 aliphatic rings. The zero-order valence-electron chi connectivity index (χ0n) is 18.5. The highest BCUT2D eigenvalue weighted by molar-refractivity contribution is 7.89. The number of piperazine rings is 1. The van der Waals surface area contributed by atoms with E-state index in [0.29, 0.717) is 24.6 Å². The van der Waals surface area contributed by atoms with E-state index in [0.717, 1.165) is 22.1 Å². The molecular weight excluding hydrogens is 468 g/mol. The molecule has 0 aliphatic carbocycles. The summed E-state index contributed by atoms with van der Waals surface area (Å²) < 4.78 is 33.0. The van der Waals surface area contributed by atoms with Crippen LogP contribution in [-0.2, 0) is 16.6 Å². The fourth-order valence-corrected chi connectivity index (χ4v) is 6.32. The van der Waals surface area contributed by atoms with Gasteiger partial charge in [-0.2, -0.15) is 4.31 Å². The molecule has 1 aliphatic heterocycles. The van der Waals surface area contributed by atoms with Crippen LogP contribution in [0.15, 0.2) is 89.1 Å². The van der Waals surface area contributed by atoms with Crippen molar-refractivity contribution < 1.29 is 17.9 Å². The van der Waals surface area contributed by atoms with Crippen molar-refractivity contribution in [3.05, 3.63) is 94.7 Å². The number of thiophene rings is 1. The van der Waals surface area contributed by atoms with E-state index in [1.807, 2.05) is 47.8 Å². The van der Waals surface area contributed by atoms with Crippen molar-refractivity contribution in [1.29, 1.82) is 0 Å². The normalized spacial score (nSPS) is 14.9. The second-order valence-electron chi connectivity index (χ2n) is 8.13. The standard InChI is InChI=1S/C26H24N2O4S2/c29-26(27-12-14-28(15-13-27)34(30,31)24-8-2-1-3-9-24)25-16-20(19-33-25)18-32-23-11-10-21-6-4-5-7-22(21)17-23/h1-11,16-17,19H,12-15,18H2. The first kappa shape index (κ1) is 22.6. The Labute approximate surface area is 203 Å². The topological polar surface area (TPSA) is 66.9 Å². The van der Waals surface area contributed by atoms with Gasteiger partial charge < -0.3 is 9.64 Å². The number of carbonyl (C=O) groups excluding carboxylic acids is 1. The third kappa shape index (κ3) is 4.70. The summed E-state index contributed by atoms with van der Waals surface area (Å²) in [6.07, 6.45) is 0. The van der Waals surface area contributed by atoms with Crippen LogP contribution in [0, 0.1) is 0 Å². The predicted octanol–water partition coefficient (Wildman–Crippen LogP) is 4.63. The van der Waals surface area contributed by atoms with Gasteiger partial charge in [-0.05, 0) is 46.5 Å². The number of sulfonamides is 1. The van der Waals surface area contributed by atoms with Gasteiger partial charge in [0.15, 0.2) is 0 Å². The molecule has 5 rings (SSSR count). The Morgan fingerprint density at radius 3 is 2.32 bits per heavy atom. The minimum Gasteiger partial charge on any atom is -0.489 e. The van der Waals surface area contributed by atoms with Crippen LogP contribution in [0.3, 0.4) is 0 Å². The largest absolute Gasteiger partial charge is 0.489 e. The van der Waals surface area contributed by atoms with Crippen LogP contribution in [0.25, 0.3) is 10.8 Å². The third-order valence-electron chi connectivity index (χ3n) is 5.90. The highest BCUT2D eigenvalue weighted by Gasteiger charge is 2.30. The van der Waals surface area contributed by atoms with E-state index < -0.39 is 10.0 Å². The minimum absolute atomic E-state index is 0.0706. The van der Waals surface area contributed by atoms with Crippen molar-refractivity contribution in [3.8, 4) is 5.75 Å². The van der Waals surface area contributed by atoms with Gasteiger partial charge in [0.1, 0.15) is 12.4 Å². The average molecular weight is 493 g/mol. The maximum absolute atomic E-state index is 13.0. The molecule has 0 N–H and O–H groups in total. The van der Waals surface area contributed by atoms with E-state index in [9.17, 15) is 13.2 Å². The van der Waals surface area contributed by atoms with E-state index in [-0.39, 0.29) is 23.9 Å². The number of benzene rings is 3. The van der Waals surface area contributed by atoms with Crippen LogP contribution < -0.4 is 4.74 Å². The lowest BCUT2D eigenvalue weighted by Crippen LogP contribution is -2.50. The first-order chi connectivity index (χ1) is 16.5. The highest BCUT2D eigenvalue weighted by Crippen LogP contribution is 2.24. The van der Waals surface area contributed by atoms with Crippen LogP contribution in [0.4, 0.5) is 0 Å². The van der Waals surface area contributed by atoms with Crippen molar-refractivity contribution in [2.45, 2.75) is 11.5 Å². The molecular formula is C26H24N2O4S2. The molecule has 4 aromatic rings. The van der Waals surface area contributed by atoms with Crippen LogP contribution in [0.2, 0.25) is 0 Å². The van der Waals surface area contributed by atoms with Crippen molar-refractivity contribution in [2.24, 2.45) is 0 Å². The Balaban J connectivity index is 1.18. The molecule has 2 heterocycles. The highest BCUT2D eigenvalue weighted by atomic mass is 32.2. The van der Waals surface area contributed by atoms with Gasteiger partial charge in [-0.15, -0.1) is 11.3 Å². The summed E-state index contributed by atoms with van der Waals surface area (Å²) in [5, 5.41) is 4.22. The number of rotatable bonds is 6. The molecule has 0 spiro atoms. The Morgan fingerprint density at radius 1 is 0.853 bits per heavy atom. The molecule has 6 nitrogen and oxygen atoms in total. The summed E-state index contributed by atoms with van der Waals surface area (Å²) in [5.41, 5.74) is 0.937. The van der Waals surface area contributed by atoms with Gasteiger partial charge in [-0.3, -0.25) is 4.79 Å². The van der Waals surface area contributed by atoms with E-state index in [1.54, 1.807) is 35.2 Å². The molecule has 1 fully saturated rings. The maximum atomic E-state index is 13.0. The van der Waals surface area contributed by atoms with Gasteiger partial charge in [0.05, 0.1) is 9.77 Å². The zero-order chi connectivity index (χ0) is 23.5. The summed E-state index contributed by atoms with van der Waals surface area (Å²) in [7, 11) is -3.54. The van der Waals surface area contributed by atoms with Crippen molar-refractivity contribution in [2.75, 3.05) is 26.2 Å². The predicted molar refractivity (Wildman–Crippen MR) is 134 cm³/mol.